The highest BCUT2D eigenvalue weighted by atomic mass is 16.7. The summed E-state index contributed by atoms with van der Waals surface area (Å²) in [5.74, 6) is -2.81. The summed E-state index contributed by atoms with van der Waals surface area (Å²) in [6.07, 6.45) is 0.242. The predicted molar refractivity (Wildman–Crippen MR) is 220 cm³/mol. The molecule has 0 aromatic heterocycles. The van der Waals surface area contributed by atoms with Crippen LogP contribution >= 0.6 is 0 Å². The Hall–Kier alpha value is -5.79. The van der Waals surface area contributed by atoms with E-state index in [4.69, 9.17) is 23.7 Å². The molecular weight excluding hydrogens is 755 g/mol. The van der Waals surface area contributed by atoms with Gasteiger partial charge in [-0.3, -0.25) is 14.9 Å². The minimum Gasteiger partial charge on any atom is -0.494 e. The van der Waals surface area contributed by atoms with Gasteiger partial charge in [-0.1, -0.05) is 100 Å². The highest BCUT2D eigenvalue weighted by Crippen LogP contribution is 2.49. The quantitative estimate of drug-likeness (QED) is 0.0458. The van der Waals surface area contributed by atoms with Crippen LogP contribution in [0.2, 0.25) is 0 Å². The number of ether oxygens (including phenoxy) is 5. The largest absolute Gasteiger partial charge is 0.494 e. The van der Waals surface area contributed by atoms with Crippen molar-refractivity contribution in [3.63, 3.8) is 0 Å². The first-order valence-corrected chi connectivity index (χ1v) is 20.1. The molecule has 1 heterocycles. The van der Waals surface area contributed by atoms with Gasteiger partial charge in [-0.05, 0) is 71.2 Å². The van der Waals surface area contributed by atoms with E-state index in [-0.39, 0.29) is 55.2 Å². The highest BCUT2D eigenvalue weighted by Gasteiger charge is 2.59. The SMILES string of the molecule is CNC(=O)CCCCOc1ccc(COC(=O)C2([C@H](CC(C)C)NC(=O)OCC3c4ccccc4-c4ccccc43)OCC(C)(C)C(c3ccccc3[N+](=O)[O-])O2)cc1. The fourth-order valence-electron chi connectivity index (χ4n) is 7.73. The van der Waals surface area contributed by atoms with Crippen LogP contribution in [0.5, 0.6) is 5.75 Å². The minimum absolute atomic E-state index is 0.0149. The number of carbonyl (C=O) groups is 3. The lowest BCUT2D eigenvalue weighted by atomic mass is 9.80. The van der Waals surface area contributed by atoms with Crippen LogP contribution in [-0.2, 0) is 35.1 Å². The number of benzene rings is 4. The zero-order chi connectivity index (χ0) is 42.2. The Labute approximate surface area is 344 Å². The van der Waals surface area contributed by atoms with Gasteiger partial charge in [0.05, 0.1) is 29.7 Å². The van der Waals surface area contributed by atoms with E-state index in [0.29, 0.717) is 37.2 Å². The molecule has 2 N–H and O–H groups in total. The van der Waals surface area contributed by atoms with Gasteiger partial charge in [-0.25, -0.2) is 9.59 Å². The van der Waals surface area contributed by atoms with Crippen molar-refractivity contribution in [2.24, 2.45) is 11.3 Å². The molecule has 2 aliphatic rings. The lowest BCUT2D eigenvalue weighted by Crippen LogP contribution is -2.65. The second-order valence-corrected chi connectivity index (χ2v) is 16.1. The summed E-state index contributed by atoms with van der Waals surface area (Å²) in [6.45, 7) is 7.79. The molecule has 0 saturated carbocycles. The standard InChI is InChI=1S/C46H53N3O10/c1-30(2)26-40(48-44(52)57-28-38-35-16-8-6-14-33(35)34-15-7-9-17-36(34)38)46(58-29-45(3,4)42(59-46)37-18-10-11-19-39(37)49(53)54)43(51)56-27-31-21-23-32(24-22-31)55-25-13-12-20-41(50)47-5/h6-11,14-19,21-24,30,38,40,42H,12-13,20,25-29H2,1-5H3,(H,47,50)(H,48,52)/t40-,42?,46?/m0/s1. The number of carbonyl (C=O) groups excluding carboxylic acids is 3. The van der Waals surface area contributed by atoms with Crippen molar-refractivity contribution < 1.29 is 43.0 Å². The van der Waals surface area contributed by atoms with E-state index in [9.17, 15) is 24.5 Å². The smallest absolute Gasteiger partial charge is 0.407 e. The minimum atomic E-state index is -2.22. The lowest BCUT2D eigenvalue weighted by Gasteiger charge is -2.49. The van der Waals surface area contributed by atoms with Gasteiger partial charge in [0.25, 0.3) is 11.5 Å². The van der Waals surface area contributed by atoms with Crippen LogP contribution in [-0.4, -0.2) is 61.6 Å². The summed E-state index contributed by atoms with van der Waals surface area (Å²) in [4.78, 5) is 51.8. The fourth-order valence-corrected chi connectivity index (χ4v) is 7.73. The zero-order valence-corrected chi connectivity index (χ0v) is 34.2. The highest BCUT2D eigenvalue weighted by molar-refractivity contribution is 5.81. The van der Waals surface area contributed by atoms with E-state index in [1.165, 1.54) is 6.07 Å². The third-order valence-corrected chi connectivity index (χ3v) is 10.8. The molecule has 1 saturated heterocycles. The molecule has 2 unspecified atom stereocenters. The van der Waals surface area contributed by atoms with Crippen LogP contribution in [0.15, 0.2) is 97.1 Å². The number of esters is 1. The molecule has 0 spiro atoms. The Morgan fingerprint density at radius 2 is 1.49 bits per heavy atom. The number of alkyl carbamates (subject to hydrolysis) is 1. The van der Waals surface area contributed by atoms with Crippen LogP contribution < -0.4 is 15.4 Å². The number of para-hydroxylation sites is 1. The molecule has 59 heavy (non-hydrogen) atoms. The molecule has 3 atom stereocenters. The average Bonchev–Trinajstić information content (AvgIpc) is 3.55. The molecule has 0 radical (unpaired) electrons. The Morgan fingerprint density at radius 3 is 2.12 bits per heavy atom. The third-order valence-electron chi connectivity index (χ3n) is 10.8. The third kappa shape index (κ3) is 9.92. The van der Waals surface area contributed by atoms with Crippen molar-refractivity contribution in [3.8, 4) is 16.9 Å². The fraction of sp³-hybridized carbons (Fsp3) is 0.413. The van der Waals surface area contributed by atoms with E-state index in [2.05, 4.69) is 22.8 Å². The number of hydrogen-bond acceptors (Lipinski definition) is 10. The van der Waals surface area contributed by atoms with E-state index in [0.717, 1.165) is 22.3 Å². The van der Waals surface area contributed by atoms with Crippen molar-refractivity contribution in [2.75, 3.05) is 26.9 Å². The Bertz CT molecular complexity index is 2070. The van der Waals surface area contributed by atoms with Crippen molar-refractivity contribution in [1.82, 2.24) is 10.6 Å². The molecule has 1 aliphatic heterocycles. The normalized spacial score (nSPS) is 18.6. The van der Waals surface area contributed by atoms with E-state index < -0.39 is 40.3 Å². The summed E-state index contributed by atoms with van der Waals surface area (Å²) in [5.41, 5.74) is 4.15. The summed E-state index contributed by atoms with van der Waals surface area (Å²) >= 11 is 0. The van der Waals surface area contributed by atoms with Gasteiger partial charge < -0.3 is 34.3 Å². The molecule has 2 amide bonds. The summed E-state index contributed by atoms with van der Waals surface area (Å²) in [6, 6.07) is 28.2. The second-order valence-electron chi connectivity index (χ2n) is 16.1. The predicted octanol–water partition coefficient (Wildman–Crippen LogP) is 8.40. The maximum atomic E-state index is 14.6. The van der Waals surface area contributed by atoms with E-state index in [1.807, 2.05) is 64.1 Å². The molecule has 0 bridgehead atoms. The average molecular weight is 808 g/mol. The number of hydrogen-bond donors (Lipinski definition) is 2. The molecule has 4 aromatic carbocycles. The first-order chi connectivity index (χ1) is 28.3. The molecule has 4 aromatic rings. The number of unbranched alkanes of at least 4 members (excludes halogenated alkanes) is 1. The first kappa shape index (κ1) is 42.8. The van der Waals surface area contributed by atoms with Crippen LogP contribution in [0.4, 0.5) is 10.5 Å². The Balaban J connectivity index is 1.24. The van der Waals surface area contributed by atoms with Gasteiger partial charge in [0.15, 0.2) is 0 Å². The van der Waals surface area contributed by atoms with Gasteiger partial charge in [0.1, 0.15) is 25.1 Å². The van der Waals surface area contributed by atoms with Gasteiger partial charge in [-0.15, -0.1) is 0 Å². The van der Waals surface area contributed by atoms with Crippen LogP contribution in [0.1, 0.15) is 87.7 Å². The first-order valence-electron chi connectivity index (χ1n) is 20.1. The number of nitro benzene ring substituents is 1. The Morgan fingerprint density at radius 1 is 0.864 bits per heavy atom. The second kappa shape index (κ2) is 18.9. The Kier molecular flexibility index (Phi) is 13.7. The number of rotatable bonds is 17. The molecular formula is C46H53N3O10. The molecule has 312 valence electrons. The van der Waals surface area contributed by atoms with E-state index >= 15 is 0 Å². The maximum Gasteiger partial charge on any atom is 0.407 e. The molecule has 6 rings (SSSR count). The summed E-state index contributed by atoms with van der Waals surface area (Å²) in [5, 5.41) is 17.8. The monoisotopic (exact) mass is 807 g/mol. The molecule has 1 aliphatic carbocycles. The molecule has 1 fully saturated rings. The van der Waals surface area contributed by atoms with Crippen molar-refractivity contribution in [2.45, 2.75) is 83.8 Å². The molecule has 13 heteroatoms. The molecule has 13 nitrogen and oxygen atoms in total. The zero-order valence-electron chi connectivity index (χ0n) is 34.2. The van der Waals surface area contributed by atoms with Crippen LogP contribution in [0.3, 0.4) is 0 Å². The number of nitro groups is 1. The van der Waals surface area contributed by atoms with Gasteiger partial charge >= 0.3 is 12.1 Å². The number of nitrogens with zero attached hydrogens (tertiary/aromatic N) is 1. The summed E-state index contributed by atoms with van der Waals surface area (Å²) < 4.78 is 30.9. The van der Waals surface area contributed by atoms with Crippen molar-refractivity contribution >= 4 is 23.7 Å². The van der Waals surface area contributed by atoms with Gasteiger partial charge in [0, 0.05) is 30.9 Å². The van der Waals surface area contributed by atoms with Crippen molar-refractivity contribution in [3.05, 3.63) is 129 Å². The van der Waals surface area contributed by atoms with Crippen molar-refractivity contribution in [1.29, 1.82) is 0 Å². The number of nitrogens with one attached hydrogen (secondary N) is 2. The van der Waals surface area contributed by atoms with Crippen LogP contribution in [0, 0.1) is 21.4 Å². The lowest BCUT2D eigenvalue weighted by molar-refractivity contribution is -0.389. The number of fused-ring (bicyclic) bond motifs is 3. The van der Waals surface area contributed by atoms with E-state index in [1.54, 1.807) is 49.5 Å². The number of amides is 2. The van der Waals surface area contributed by atoms with Crippen LogP contribution in [0.25, 0.3) is 11.1 Å². The maximum absolute atomic E-state index is 14.6. The van der Waals surface area contributed by atoms with Gasteiger partial charge in [0.2, 0.25) is 5.91 Å². The summed E-state index contributed by atoms with van der Waals surface area (Å²) in [7, 11) is 1.61. The topological polar surface area (TPSA) is 165 Å². The van der Waals surface area contributed by atoms with Gasteiger partial charge in [-0.2, -0.15) is 0 Å².